The van der Waals surface area contributed by atoms with Gasteiger partial charge in [-0.1, -0.05) is 6.92 Å². The second-order valence-corrected chi connectivity index (χ2v) is 9.59. The molecule has 4 heterocycles. The van der Waals surface area contributed by atoms with Gasteiger partial charge < -0.3 is 19.4 Å². The third-order valence-corrected chi connectivity index (χ3v) is 7.55. The minimum atomic E-state index is -3.91. The molecule has 0 radical (unpaired) electrons. The first-order valence-corrected chi connectivity index (χ1v) is 11.5. The molecule has 1 aromatic rings. The van der Waals surface area contributed by atoms with Crippen LogP contribution in [0.3, 0.4) is 0 Å². The van der Waals surface area contributed by atoms with Gasteiger partial charge in [0.2, 0.25) is 5.95 Å². The Labute approximate surface area is 164 Å². The Morgan fingerprint density at radius 3 is 2.57 bits per heavy atom. The van der Waals surface area contributed by atoms with Gasteiger partial charge in [-0.05, 0) is 19.4 Å². The lowest BCUT2D eigenvalue weighted by atomic mass is 10.2. The molecule has 3 aliphatic heterocycles. The maximum atomic E-state index is 15.4. The number of rotatable bonds is 4. The van der Waals surface area contributed by atoms with Crippen LogP contribution in [0.1, 0.15) is 19.8 Å². The topological polar surface area (TPSA) is 66.0 Å². The first-order valence-electron chi connectivity index (χ1n) is 9.86. The number of piperazine rings is 1. The molecular formula is C18H26F2N4O3S. The van der Waals surface area contributed by atoms with Crippen molar-refractivity contribution in [2.24, 2.45) is 0 Å². The number of halogens is 2. The Bertz CT molecular complexity index is 838. The minimum absolute atomic E-state index is 0.0992. The largest absolute Gasteiger partial charge is 0.376 e. The van der Waals surface area contributed by atoms with Gasteiger partial charge >= 0.3 is 0 Å². The lowest BCUT2D eigenvalue weighted by Gasteiger charge is -2.37. The molecule has 0 unspecified atom stereocenters. The Balaban J connectivity index is 1.70. The summed E-state index contributed by atoms with van der Waals surface area (Å²) < 4.78 is 61.3. The van der Waals surface area contributed by atoms with Crippen LogP contribution < -0.4 is 9.80 Å². The predicted molar refractivity (Wildman–Crippen MR) is 102 cm³/mol. The maximum Gasteiger partial charge on any atom is 0.239 e. The van der Waals surface area contributed by atoms with E-state index < -0.39 is 26.5 Å². The zero-order valence-electron chi connectivity index (χ0n) is 16.0. The molecule has 3 aliphatic rings. The van der Waals surface area contributed by atoms with Crippen molar-refractivity contribution in [3.63, 3.8) is 0 Å². The lowest BCUT2D eigenvalue weighted by Crippen LogP contribution is -2.47. The van der Waals surface area contributed by atoms with Crippen LogP contribution in [-0.2, 0) is 14.6 Å². The molecule has 4 rings (SSSR count). The van der Waals surface area contributed by atoms with E-state index in [1.165, 1.54) is 0 Å². The molecular weight excluding hydrogens is 390 g/mol. The van der Waals surface area contributed by atoms with Gasteiger partial charge in [0.05, 0.1) is 11.9 Å². The van der Waals surface area contributed by atoms with Gasteiger partial charge in [-0.25, -0.2) is 12.8 Å². The van der Waals surface area contributed by atoms with Crippen molar-refractivity contribution in [2.45, 2.75) is 30.8 Å². The van der Waals surface area contributed by atoms with Crippen LogP contribution in [0.2, 0.25) is 0 Å². The molecule has 10 heteroatoms. The molecule has 0 aromatic carbocycles. The average molecular weight is 416 g/mol. The first kappa shape index (κ1) is 19.8. The smallest absolute Gasteiger partial charge is 0.239 e. The summed E-state index contributed by atoms with van der Waals surface area (Å²) in [7, 11) is -3.91. The molecule has 2 saturated heterocycles. The number of nitrogens with zero attached hydrogens (tertiary/aromatic N) is 4. The van der Waals surface area contributed by atoms with E-state index >= 15 is 8.78 Å². The van der Waals surface area contributed by atoms with Gasteiger partial charge in [0, 0.05) is 45.9 Å². The summed E-state index contributed by atoms with van der Waals surface area (Å²) in [5, 5.41) is 0. The summed E-state index contributed by atoms with van der Waals surface area (Å²) >= 11 is 0. The van der Waals surface area contributed by atoms with Crippen molar-refractivity contribution < 1.29 is 21.9 Å². The summed E-state index contributed by atoms with van der Waals surface area (Å²) in [4.78, 5) is 8.74. The summed E-state index contributed by atoms with van der Waals surface area (Å²) in [6.45, 7) is 6.39. The third kappa shape index (κ3) is 3.57. The summed E-state index contributed by atoms with van der Waals surface area (Å²) in [5.41, 5.74) is -0.241. The van der Waals surface area contributed by atoms with E-state index in [1.807, 2.05) is 6.92 Å². The van der Waals surface area contributed by atoms with Crippen LogP contribution in [0.4, 0.5) is 20.3 Å². The van der Waals surface area contributed by atoms with E-state index in [9.17, 15) is 8.42 Å². The fourth-order valence-electron chi connectivity index (χ4n) is 4.20. The highest BCUT2D eigenvalue weighted by Gasteiger charge is 2.39. The van der Waals surface area contributed by atoms with Crippen molar-refractivity contribution in [3.8, 4) is 0 Å². The normalized spacial score (nSPS) is 25.2. The van der Waals surface area contributed by atoms with Crippen LogP contribution in [-0.4, -0.2) is 82.6 Å². The predicted octanol–water partition coefficient (Wildman–Crippen LogP) is 1.27. The maximum absolute atomic E-state index is 15.4. The molecule has 156 valence electrons. The van der Waals surface area contributed by atoms with Gasteiger partial charge in [0.25, 0.3) is 0 Å². The Morgan fingerprint density at radius 1 is 1.18 bits per heavy atom. The number of ether oxygens (including phenoxy) is 1. The fraction of sp³-hybridized carbons (Fsp3) is 0.722. The van der Waals surface area contributed by atoms with Crippen molar-refractivity contribution in [1.82, 2.24) is 9.88 Å². The van der Waals surface area contributed by atoms with Crippen LogP contribution in [0.15, 0.2) is 4.90 Å². The van der Waals surface area contributed by atoms with Gasteiger partial charge in [0.15, 0.2) is 21.5 Å². The standard InChI is InChI=1S/C18H26F2N4O3S/c1-2-22-5-7-23(8-6-22)18-14(19)16-15(17(20)21-18)24(9-11-28(16,25)26)12-13-4-3-10-27-13/h13H,2-12H2,1H3/t13-/m1/s1. The van der Waals surface area contributed by atoms with Crippen LogP contribution >= 0.6 is 0 Å². The van der Waals surface area contributed by atoms with E-state index in [0.29, 0.717) is 39.3 Å². The number of hydrogen-bond donors (Lipinski definition) is 0. The molecule has 0 amide bonds. The molecule has 0 aliphatic carbocycles. The number of sulfone groups is 1. The quantitative estimate of drug-likeness (QED) is 0.685. The van der Waals surface area contributed by atoms with Crippen molar-refractivity contribution in [2.75, 3.05) is 68.0 Å². The van der Waals surface area contributed by atoms with E-state index in [0.717, 1.165) is 19.4 Å². The first-order chi connectivity index (χ1) is 13.4. The molecule has 0 bridgehead atoms. The molecule has 0 saturated carbocycles. The molecule has 0 N–H and O–H groups in total. The van der Waals surface area contributed by atoms with Gasteiger partial charge in [-0.15, -0.1) is 0 Å². The SMILES string of the molecule is CCN1CCN(c2nc(F)c3c(c2F)S(=O)(=O)CCN3C[C@H]2CCCO2)CC1. The van der Waals surface area contributed by atoms with Crippen LogP contribution in [0.5, 0.6) is 0 Å². The fourth-order valence-corrected chi connectivity index (χ4v) is 5.74. The van der Waals surface area contributed by atoms with E-state index in [-0.39, 0.29) is 29.9 Å². The second kappa shape index (κ2) is 7.72. The number of hydrogen-bond acceptors (Lipinski definition) is 7. The van der Waals surface area contributed by atoms with Crippen LogP contribution in [0, 0.1) is 11.8 Å². The van der Waals surface area contributed by atoms with Crippen molar-refractivity contribution in [3.05, 3.63) is 11.8 Å². The Hall–Kier alpha value is -1.52. The van der Waals surface area contributed by atoms with Gasteiger partial charge in [-0.3, -0.25) is 0 Å². The highest BCUT2D eigenvalue weighted by molar-refractivity contribution is 7.91. The number of pyridine rings is 1. The molecule has 1 atom stereocenters. The van der Waals surface area contributed by atoms with E-state index in [4.69, 9.17) is 4.74 Å². The van der Waals surface area contributed by atoms with Gasteiger partial charge in [0.1, 0.15) is 10.6 Å². The van der Waals surface area contributed by atoms with Crippen molar-refractivity contribution in [1.29, 1.82) is 0 Å². The zero-order valence-corrected chi connectivity index (χ0v) is 16.8. The average Bonchev–Trinajstić information content (AvgIpc) is 3.19. The molecule has 0 spiro atoms. The summed E-state index contributed by atoms with van der Waals surface area (Å²) in [6, 6.07) is 0. The molecule has 28 heavy (non-hydrogen) atoms. The number of anilines is 2. The lowest BCUT2D eigenvalue weighted by molar-refractivity contribution is 0.115. The number of likely N-dealkylation sites (N-methyl/N-ethyl adjacent to an activating group) is 1. The minimum Gasteiger partial charge on any atom is -0.376 e. The summed E-state index contributed by atoms with van der Waals surface area (Å²) in [6.07, 6.45) is 1.65. The highest BCUT2D eigenvalue weighted by Crippen LogP contribution is 2.38. The second-order valence-electron chi connectivity index (χ2n) is 7.54. The number of fused-ring (bicyclic) bond motifs is 1. The Kier molecular flexibility index (Phi) is 5.45. The zero-order chi connectivity index (χ0) is 19.9. The Morgan fingerprint density at radius 2 is 1.93 bits per heavy atom. The third-order valence-electron chi connectivity index (χ3n) is 5.83. The molecule has 2 fully saturated rings. The molecule has 1 aromatic heterocycles. The summed E-state index contributed by atoms with van der Waals surface area (Å²) in [5.74, 6) is -2.30. The van der Waals surface area contributed by atoms with E-state index in [1.54, 1.807) is 9.80 Å². The van der Waals surface area contributed by atoms with Gasteiger partial charge in [-0.2, -0.15) is 9.37 Å². The van der Waals surface area contributed by atoms with Crippen LogP contribution in [0.25, 0.3) is 0 Å². The molecule has 7 nitrogen and oxygen atoms in total. The monoisotopic (exact) mass is 416 g/mol. The highest BCUT2D eigenvalue weighted by atomic mass is 32.2. The van der Waals surface area contributed by atoms with E-state index in [2.05, 4.69) is 9.88 Å². The van der Waals surface area contributed by atoms with Crippen molar-refractivity contribution >= 4 is 21.3 Å². The number of aromatic nitrogens is 1.